The molecule has 0 aliphatic heterocycles. The summed E-state index contributed by atoms with van der Waals surface area (Å²) in [6.45, 7) is 2.79. The average Bonchev–Trinajstić information content (AvgIpc) is 2.79. The number of amides is 1. The van der Waals surface area contributed by atoms with Crippen molar-refractivity contribution >= 4 is 16.8 Å². The van der Waals surface area contributed by atoms with Crippen LogP contribution in [-0.4, -0.2) is 33.4 Å². The van der Waals surface area contributed by atoms with Crippen LogP contribution in [0.4, 0.5) is 0 Å². The van der Waals surface area contributed by atoms with Crippen molar-refractivity contribution in [3.05, 3.63) is 70.3 Å². The summed E-state index contributed by atoms with van der Waals surface area (Å²) in [5.41, 5.74) is 1.58. The molecule has 4 rings (SSSR count). The van der Waals surface area contributed by atoms with Crippen LogP contribution < -0.4 is 10.3 Å². The molecule has 0 spiro atoms. The number of hydrogen-bond acceptors (Lipinski definition) is 4. The van der Waals surface area contributed by atoms with E-state index in [1.165, 1.54) is 6.42 Å². The van der Waals surface area contributed by atoms with Crippen LogP contribution in [0, 0.1) is 0 Å². The number of ether oxygens (including phenoxy) is 1. The Bertz CT molecular complexity index is 1070. The molecule has 0 unspecified atom stereocenters. The third-order valence-corrected chi connectivity index (χ3v) is 5.70. The maximum atomic E-state index is 13.3. The van der Waals surface area contributed by atoms with Crippen LogP contribution in [0.15, 0.2) is 53.5 Å². The molecule has 1 aliphatic carbocycles. The molecule has 6 heteroatoms. The van der Waals surface area contributed by atoms with Gasteiger partial charge in [0.05, 0.1) is 13.2 Å². The van der Waals surface area contributed by atoms with Crippen molar-refractivity contribution in [3.8, 4) is 5.75 Å². The first-order valence-electron chi connectivity index (χ1n) is 10.7. The first kappa shape index (κ1) is 20.1. The standard InChI is InChI=1S/C24H27N3O3/c1-2-30-20-11-12-21-17(15-20)14-18(23(28)26-21)16-27(19-8-4-3-5-9-19)24(29)22-10-6-7-13-25-22/h6-7,10-15,19H,2-5,8-9,16H2,1H3,(H,26,28). The number of aromatic amines is 1. The first-order chi connectivity index (χ1) is 14.7. The predicted octanol–water partition coefficient (Wildman–Crippen LogP) is 4.30. The fraction of sp³-hybridized carbons (Fsp3) is 0.375. The maximum Gasteiger partial charge on any atom is 0.272 e. The minimum Gasteiger partial charge on any atom is -0.494 e. The number of benzene rings is 1. The SMILES string of the molecule is CCOc1ccc2[nH]c(=O)c(CN(C(=O)c3ccccn3)C3CCCCC3)cc2c1. The van der Waals surface area contributed by atoms with Crippen molar-refractivity contribution < 1.29 is 9.53 Å². The largest absolute Gasteiger partial charge is 0.494 e. The Morgan fingerprint density at radius 3 is 2.73 bits per heavy atom. The van der Waals surface area contributed by atoms with E-state index in [1.807, 2.05) is 42.2 Å². The van der Waals surface area contributed by atoms with E-state index in [2.05, 4.69) is 9.97 Å². The second-order valence-corrected chi connectivity index (χ2v) is 7.75. The van der Waals surface area contributed by atoms with Gasteiger partial charge < -0.3 is 14.6 Å². The number of nitrogens with one attached hydrogen (secondary N) is 1. The lowest BCUT2D eigenvalue weighted by molar-refractivity contribution is 0.0607. The van der Waals surface area contributed by atoms with E-state index in [9.17, 15) is 9.59 Å². The molecule has 1 saturated carbocycles. The zero-order valence-electron chi connectivity index (χ0n) is 17.3. The monoisotopic (exact) mass is 405 g/mol. The Kier molecular flexibility index (Phi) is 6.12. The Morgan fingerprint density at radius 1 is 1.17 bits per heavy atom. The normalized spacial score (nSPS) is 14.6. The fourth-order valence-electron chi connectivity index (χ4n) is 4.18. The summed E-state index contributed by atoms with van der Waals surface area (Å²) in [4.78, 5) is 35.1. The van der Waals surface area contributed by atoms with E-state index in [0.29, 0.717) is 17.9 Å². The summed E-state index contributed by atoms with van der Waals surface area (Å²) >= 11 is 0. The lowest BCUT2D eigenvalue weighted by Crippen LogP contribution is -2.42. The number of carbonyl (C=O) groups is 1. The van der Waals surface area contributed by atoms with Crippen molar-refractivity contribution in [1.29, 1.82) is 0 Å². The number of pyridine rings is 2. The minimum atomic E-state index is -0.165. The zero-order chi connectivity index (χ0) is 20.9. The van der Waals surface area contributed by atoms with Crippen LogP contribution in [0.5, 0.6) is 5.75 Å². The molecule has 0 bridgehead atoms. The van der Waals surface area contributed by atoms with Gasteiger partial charge in [-0.15, -0.1) is 0 Å². The molecule has 2 heterocycles. The van der Waals surface area contributed by atoms with E-state index in [4.69, 9.17) is 4.74 Å². The third kappa shape index (κ3) is 4.37. The molecule has 6 nitrogen and oxygen atoms in total. The molecule has 156 valence electrons. The van der Waals surface area contributed by atoms with Gasteiger partial charge in [0.15, 0.2) is 0 Å². The number of hydrogen-bond donors (Lipinski definition) is 1. The maximum absolute atomic E-state index is 13.3. The summed E-state index contributed by atoms with van der Waals surface area (Å²) in [5.74, 6) is 0.641. The van der Waals surface area contributed by atoms with Gasteiger partial charge in [-0.05, 0) is 56.2 Å². The number of nitrogens with zero attached hydrogens (tertiary/aromatic N) is 2. The number of carbonyl (C=O) groups excluding carboxylic acids is 1. The molecule has 0 atom stereocenters. The smallest absolute Gasteiger partial charge is 0.272 e. The van der Waals surface area contributed by atoms with Crippen molar-refractivity contribution in [3.63, 3.8) is 0 Å². The van der Waals surface area contributed by atoms with E-state index in [1.54, 1.807) is 18.3 Å². The lowest BCUT2D eigenvalue weighted by atomic mass is 9.93. The van der Waals surface area contributed by atoms with E-state index >= 15 is 0 Å². The van der Waals surface area contributed by atoms with Crippen molar-refractivity contribution in [1.82, 2.24) is 14.9 Å². The number of rotatable bonds is 6. The zero-order valence-corrected chi connectivity index (χ0v) is 17.3. The van der Waals surface area contributed by atoms with Gasteiger partial charge in [0.2, 0.25) is 0 Å². The molecule has 2 aromatic heterocycles. The molecule has 0 radical (unpaired) electrons. The molecule has 1 N–H and O–H groups in total. The summed E-state index contributed by atoms with van der Waals surface area (Å²) < 4.78 is 5.59. The molecule has 1 aliphatic rings. The minimum absolute atomic E-state index is 0.120. The van der Waals surface area contributed by atoms with E-state index < -0.39 is 0 Å². The van der Waals surface area contributed by atoms with Gasteiger partial charge in [-0.2, -0.15) is 0 Å². The number of fused-ring (bicyclic) bond motifs is 1. The van der Waals surface area contributed by atoms with Crippen molar-refractivity contribution in [2.24, 2.45) is 0 Å². The van der Waals surface area contributed by atoms with Crippen LogP contribution >= 0.6 is 0 Å². The van der Waals surface area contributed by atoms with Crippen LogP contribution in [-0.2, 0) is 6.54 Å². The molecule has 0 saturated heterocycles. The van der Waals surface area contributed by atoms with Crippen molar-refractivity contribution in [2.75, 3.05) is 6.61 Å². The predicted molar refractivity (Wildman–Crippen MR) is 117 cm³/mol. The highest BCUT2D eigenvalue weighted by Gasteiger charge is 2.28. The summed E-state index contributed by atoms with van der Waals surface area (Å²) in [6.07, 6.45) is 6.94. The highest BCUT2D eigenvalue weighted by molar-refractivity contribution is 5.92. The highest BCUT2D eigenvalue weighted by atomic mass is 16.5. The van der Waals surface area contributed by atoms with Crippen LogP contribution in [0.25, 0.3) is 10.9 Å². The number of aromatic nitrogens is 2. The number of H-pyrrole nitrogens is 1. The van der Waals surface area contributed by atoms with Crippen LogP contribution in [0.2, 0.25) is 0 Å². The molecular formula is C24H27N3O3. The van der Waals surface area contributed by atoms with Gasteiger partial charge in [-0.1, -0.05) is 25.3 Å². The molecule has 3 aromatic rings. The average molecular weight is 405 g/mol. The quantitative estimate of drug-likeness (QED) is 0.664. The Balaban J connectivity index is 1.69. The highest BCUT2D eigenvalue weighted by Crippen LogP contribution is 2.26. The van der Waals surface area contributed by atoms with Gasteiger partial charge in [-0.25, -0.2) is 0 Å². The van der Waals surface area contributed by atoms with Gasteiger partial charge in [0, 0.05) is 28.7 Å². The van der Waals surface area contributed by atoms with E-state index in [-0.39, 0.29) is 24.1 Å². The second kappa shape index (κ2) is 9.11. The fourth-order valence-corrected chi connectivity index (χ4v) is 4.18. The first-order valence-corrected chi connectivity index (χ1v) is 10.7. The van der Waals surface area contributed by atoms with Gasteiger partial charge in [0.1, 0.15) is 11.4 Å². The summed E-state index contributed by atoms with van der Waals surface area (Å²) in [6, 6.07) is 13.0. The second-order valence-electron chi connectivity index (χ2n) is 7.75. The van der Waals surface area contributed by atoms with Gasteiger partial charge in [0.25, 0.3) is 11.5 Å². The Hall–Kier alpha value is -3.15. The Labute approximate surface area is 175 Å². The molecule has 1 amide bonds. The van der Waals surface area contributed by atoms with Gasteiger partial charge in [-0.3, -0.25) is 14.6 Å². The summed E-state index contributed by atoms with van der Waals surface area (Å²) in [5, 5.41) is 0.893. The van der Waals surface area contributed by atoms with Crippen LogP contribution in [0.1, 0.15) is 55.1 Å². The third-order valence-electron chi connectivity index (χ3n) is 5.70. The molecule has 1 fully saturated rings. The lowest BCUT2D eigenvalue weighted by Gasteiger charge is -2.34. The van der Waals surface area contributed by atoms with E-state index in [0.717, 1.165) is 42.3 Å². The van der Waals surface area contributed by atoms with Crippen molar-refractivity contribution in [2.45, 2.75) is 51.6 Å². The Morgan fingerprint density at radius 2 is 2.00 bits per heavy atom. The van der Waals surface area contributed by atoms with Crippen LogP contribution in [0.3, 0.4) is 0 Å². The summed E-state index contributed by atoms with van der Waals surface area (Å²) in [7, 11) is 0. The molecule has 1 aromatic carbocycles. The molecular weight excluding hydrogens is 378 g/mol. The topological polar surface area (TPSA) is 75.3 Å². The molecule has 30 heavy (non-hydrogen) atoms. The van der Waals surface area contributed by atoms with Gasteiger partial charge >= 0.3 is 0 Å².